The van der Waals surface area contributed by atoms with E-state index in [4.69, 9.17) is 13.5 Å². The number of nitrogens with one attached hydrogen (secondary N) is 3. The molecular formula is C28H37N6O7S+. The van der Waals surface area contributed by atoms with Crippen LogP contribution in [0.1, 0.15) is 57.3 Å². The number of quaternary nitrogens is 1. The van der Waals surface area contributed by atoms with Crippen LogP contribution < -0.4 is 20.7 Å². The van der Waals surface area contributed by atoms with E-state index in [0.29, 0.717) is 48.2 Å². The first kappa shape index (κ1) is 30.9. The molecule has 3 N–H and O–H groups in total. The molecule has 2 atom stereocenters. The number of likely N-dealkylation sites (tertiary alicyclic amines) is 1. The predicted octanol–water partition coefficient (Wildman–Crippen LogP) is 4.53. The molecule has 226 valence electrons. The van der Waals surface area contributed by atoms with Gasteiger partial charge in [-0.3, -0.25) is 10.1 Å². The van der Waals surface area contributed by atoms with Crippen molar-refractivity contribution in [2.24, 2.45) is 0 Å². The fraction of sp³-hybridized carbons (Fsp3) is 0.429. The molecule has 1 fully saturated rings. The van der Waals surface area contributed by atoms with Gasteiger partial charge in [-0.15, -0.1) is 0 Å². The molecule has 4 rings (SSSR count). The van der Waals surface area contributed by atoms with Gasteiger partial charge in [0.1, 0.15) is 36.3 Å². The molecule has 3 aromatic rings. The number of pyridine rings is 1. The summed E-state index contributed by atoms with van der Waals surface area (Å²) in [6.45, 7) is 10.6. The average Bonchev–Trinajstić information content (AvgIpc) is 3.52. The third-order valence-corrected chi connectivity index (χ3v) is 7.30. The molecular weight excluding hydrogens is 564 g/mol. The quantitative estimate of drug-likeness (QED) is 0.299. The topological polar surface area (TPSA) is 162 Å². The summed E-state index contributed by atoms with van der Waals surface area (Å²) < 4.78 is 40.2. The van der Waals surface area contributed by atoms with E-state index in [0.717, 1.165) is 6.26 Å². The van der Waals surface area contributed by atoms with Crippen molar-refractivity contribution in [3.63, 3.8) is 0 Å². The van der Waals surface area contributed by atoms with Crippen LogP contribution in [0.15, 0.2) is 53.2 Å². The third-order valence-electron chi connectivity index (χ3n) is 6.73. The van der Waals surface area contributed by atoms with Gasteiger partial charge < -0.3 is 19.9 Å². The van der Waals surface area contributed by atoms with Crippen LogP contribution in [-0.2, 0) is 19.8 Å². The molecule has 1 unspecified atom stereocenters. The van der Waals surface area contributed by atoms with Crippen LogP contribution in [0.25, 0.3) is 0 Å². The molecule has 0 bridgehead atoms. The first-order valence-corrected chi connectivity index (χ1v) is 15.3. The van der Waals surface area contributed by atoms with Crippen LogP contribution in [0.3, 0.4) is 0 Å². The standard InChI is InChI=1S/C28H36N6O7S/c1-18(2)34(41-42(6,37)38)14-13-22(17-34)39-21-11-12-23(29-16-21)26(35)30-19-7-9-20(10-8-19)31-27(36)32-25-15-24(40-33-25)28(3,4)5/h7-12,15-16,18,22H,13-14,17H2,1-6H3,(H2-,29,30,31,32,33,35,36)/p+1/t22-,34?/m0/s1. The maximum absolute atomic E-state index is 12.7. The maximum atomic E-state index is 12.7. The molecule has 1 aromatic carbocycles. The summed E-state index contributed by atoms with van der Waals surface area (Å²) in [6.07, 6.45) is 2.85. The predicted molar refractivity (Wildman–Crippen MR) is 157 cm³/mol. The van der Waals surface area contributed by atoms with E-state index >= 15 is 0 Å². The first-order valence-electron chi connectivity index (χ1n) is 13.5. The Kier molecular flexibility index (Phi) is 8.89. The summed E-state index contributed by atoms with van der Waals surface area (Å²) in [6, 6.07) is 10.9. The first-order chi connectivity index (χ1) is 19.6. The van der Waals surface area contributed by atoms with Crippen molar-refractivity contribution in [2.45, 2.75) is 58.6 Å². The van der Waals surface area contributed by atoms with E-state index in [1.807, 2.05) is 34.6 Å². The number of hydroxylamine groups is 3. The lowest BCUT2D eigenvalue weighted by Gasteiger charge is -2.33. The zero-order valence-corrected chi connectivity index (χ0v) is 25.3. The zero-order valence-electron chi connectivity index (χ0n) is 24.5. The minimum Gasteiger partial charge on any atom is -0.483 e. The molecule has 14 heteroatoms. The van der Waals surface area contributed by atoms with Crippen LogP contribution >= 0.6 is 0 Å². The Labute approximate surface area is 245 Å². The van der Waals surface area contributed by atoms with Crippen LogP contribution in [0.5, 0.6) is 5.75 Å². The highest BCUT2D eigenvalue weighted by Crippen LogP contribution is 2.29. The molecule has 0 saturated carbocycles. The van der Waals surface area contributed by atoms with Gasteiger partial charge >= 0.3 is 16.1 Å². The number of anilines is 3. The Hall–Kier alpha value is -4.01. The SMILES string of the molecule is CC(C)[N+]1(OS(C)(=O)=O)CC[C@H](Oc2ccc(C(=O)Nc3ccc(NC(=O)Nc4cc(C(C)(C)C)on4)cc3)nc2)C1. The van der Waals surface area contributed by atoms with Gasteiger partial charge in [-0.05, 0) is 50.2 Å². The summed E-state index contributed by atoms with van der Waals surface area (Å²) in [5.41, 5.74) is 0.979. The lowest BCUT2D eigenvalue weighted by Crippen LogP contribution is -2.53. The largest absolute Gasteiger partial charge is 0.483 e. The van der Waals surface area contributed by atoms with E-state index in [1.165, 1.54) is 6.20 Å². The van der Waals surface area contributed by atoms with Crippen LogP contribution in [0.2, 0.25) is 0 Å². The van der Waals surface area contributed by atoms with Gasteiger partial charge in [0.15, 0.2) is 11.9 Å². The smallest absolute Gasteiger partial charge is 0.324 e. The molecule has 3 amide bonds. The second-order valence-corrected chi connectivity index (χ2v) is 13.1. The molecule has 0 radical (unpaired) electrons. The van der Waals surface area contributed by atoms with Crippen LogP contribution in [0, 0.1) is 0 Å². The molecule has 0 aliphatic carbocycles. The summed E-state index contributed by atoms with van der Waals surface area (Å²) >= 11 is 0. The summed E-state index contributed by atoms with van der Waals surface area (Å²) in [4.78, 5) is 29.2. The molecule has 0 spiro atoms. The minimum absolute atomic E-state index is 0.0315. The number of aromatic nitrogens is 2. The molecule has 42 heavy (non-hydrogen) atoms. The summed E-state index contributed by atoms with van der Waals surface area (Å²) in [7, 11) is -3.64. The van der Waals surface area contributed by atoms with Crippen molar-refractivity contribution in [1.29, 1.82) is 0 Å². The molecule has 3 heterocycles. The van der Waals surface area contributed by atoms with Gasteiger partial charge in [0.05, 0.1) is 12.5 Å². The lowest BCUT2D eigenvalue weighted by atomic mass is 9.93. The number of rotatable bonds is 9. The Morgan fingerprint density at radius 3 is 2.26 bits per heavy atom. The Morgan fingerprint density at radius 1 is 1.05 bits per heavy atom. The fourth-order valence-electron chi connectivity index (χ4n) is 4.45. The molecule has 1 saturated heterocycles. The average molecular weight is 602 g/mol. The molecule has 2 aromatic heterocycles. The van der Waals surface area contributed by atoms with Gasteiger partial charge in [0, 0.05) is 29.3 Å². The summed E-state index contributed by atoms with van der Waals surface area (Å²) in [5, 5.41) is 11.9. The maximum Gasteiger partial charge on any atom is 0.324 e. The number of benzene rings is 1. The van der Waals surface area contributed by atoms with Crippen molar-refractivity contribution in [3.8, 4) is 5.75 Å². The number of urea groups is 1. The number of hydrogen-bond acceptors (Lipinski definition) is 9. The minimum atomic E-state index is -3.64. The Morgan fingerprint density at radius 2 is 1.71 bits per heavy atom. The normalized spacial score (nSPS) is 19.0. The summed E-state index contributed by atoms with van der Waals surface area (Å²) in [5.74, 6) is 1.00. The number of carbonyl (C=O) groups is 2. The van der Waals surface area contributed by atoms with Crippen molar-refractivity contribution in [3.05, 3.63) is 60.1 Å². The second kappa shape index (κ2) is 12.1. The second-order valence-electron chi connectivity index (χ2n) is 11.6. The van der Waals surface area contributed by atoms with Gasteiger partial charge in [-0.1, -0.05) is 30.2 Å². The third kappa shape index (κ3) is 8.05. The van der Waals surface area contributed by atoms with Crippen molar-refractivity contribution in [1.82, 2.24) is 10.1 Å². The number of amides is 3. The van der Waals surface area contributed by atoms with Gasteiger partial charge in [-0.25, -0.2) is 9.78 Å². The number of nitrogens with zero attached hydrogens (tertiary/aromatic N) is 3. The van der Waals surface area contributed by atoms with Crippen molar-refractivity contribution >= 4 is 39.2 Å². The van der Waals surface area contributed by atoms with E-state index < -0.39 is 22.1 Å². The lowest BCUT2D eigenvalue weighted by molar-refractivity contribution is -1.09. The van der Waals surface area contributed by atoms with E-state index in [-0.39, 0.29) is 27.9 Å². The van der Waals surface area contributed by atoms with Crippen molar-refractivity contribution in [2.75, 3.05) is 35.3 Å². The molecule has 1 aliphatic rings. The monoisotopic (exact) mass is 601 g/mol. The number of carbonyl (C=O) groups excluding carboxylic acids is 2. The van der Waals surface area contributed by atoms with Gasteiger partial charge in [0.2, 0.25) is 0 Å². The zero-order chi connectivity index (χ0) is 30.7. The van der Waals surface area contributed by atoms with E-state index in [1.54, 1.807) is 42.5 Å². The van der Waals surface area contributed by atoms with E-state index in [9.17, 15) is 18.0 Å². The number of hydrogen-bond donors (Lipinski definition) is 3. The molecule has 13 nitrogen and oxygen atoms in total. The van der Waals surface area contributed by atoms with Gasteiger partial charge in [0.25, 0.3) is 5.91 Å². The Bertz CT molecular complexity index is 1520. The highest BCUT2D eigenvalue weighted by Gasteiger charge is 2.47. The van der Waals surface area contributed by atoms with E-state index in [2.05, 4.69) is 26.1 Å². The van der Waals surface area contributed by atoms with Gasteiger partial charge in [-0.2, -0.15) is 13.1 Å². The highest BCUT2D eigenvalue weighted by atomic mass is 32.2. The Balaban J connectivity index is 1.28. The molecule has 1 aliphatic heterocycles. The van der Waals surface area contributed by atoms with Crippen LogP contribution in [-0.4, -0.2) is 66.6 Å². The van der Waals surface area contributed by atoms with Crippen molar-refractivity contribution < 1.29 is 36.2 Å². The van der Waals surface area contributed by atoms with Crippen LogP contribution in [0.4, 0.5) is 22.0 Å². The number of ether oxygens (including phenoxy) is 1. The highest BCUT2D eigenvalue weighted by molar-refractivity contribution is 7.85. The fourth-order valence-corrected chi connectivity index (χ4v) is 5.30.